The molecule has 0 atom stereocenters. The number of ether oxygens (including phenoxy) is 2. The van der Waals surface area contributed by atoms with E-state index in [9.17, 15) is 0 Å². The van der Waals surface area contributed by atoms with E-state index in [0.717, 1.165) is 34.5 Å². The monoisotopic (exact) mass is 414 g/mol. The number of aryl methyl sites for hydroxylation is 1. The maximum atomic E-state index is 5.96. The molecular weight excluding hydrogens is 392 g/mol. The molecule has 0 aliphatic rings. The van der Waals surface area contributed by atoms with E-state index >= 15 is 0 Å². The van der Waals surface area contributed by atoms with Crippen molar-refractivity contribution in [3.8, 4) is 11.5 Å². The van der Waals surface area contributed by atoms with Gasteiger partial charge in [0.2, 0.25) is 4.77 Å². The summed E-state index contributed by atoms with van der Waals surface area (Å²) in [7, 11) is 1.64. The second-order valence-corrected chi connectivity index (χ2v) is 6.93. The van der Waals surface area contributed by atoms with Gasteiger partial charge in [0, 0.05) is 16.5 Å². The number of H-pyrrole nitrogens is 1. The quantitative estimate of drug-likeness (QED) is 0.633. The van der Waals surface area contributed by atoms with Crippen LogP contribution in [0.4, 0.5) is 0 Å². The van der Waals surface area contributed by atoms with Gasteiger partial charge in [-0.3, -0.25) is 5.10 Å². The summed E-state index contributed by atoms with van der Waals surface area (Å²) in [6, 6.07) is 3.91. The van der Waals surface area contributed by atoms with Gasteiger partial charge in [-0.1, -0.05) is 22.9 Å². The van der Waals surface area contributed by atoms with Crippen molar-refractivity contribution in [3.05, 3.63) is 32.8 Å². The molecule has 0 saturated heterocycles. The minimum Gasteiger partial charge on any atom is -0.493 e. The lowest BCUT2D eigenvalue weighted by molar-refractivity contribution is 0.227. The van der Waals surface area contributed by atoms with Gasteiger partial charge in [0.25, 0.3) is 0 Å². The molecule has 0 saturated carbocycles. The molecular formula is C16H23BrN4O2S. The van der Waals surface area contributed by atoms with E-state index < -0.39 is 0 Å². The highest BCUT2D eigenvalue weighted by molar-refractivity contribution is 9.10. The molecule has 2 aromatic rings. The lowest BCUT2D eigenvalue weighted by atomic mass is 10.2. The van der Waals surface area contributed by atoms with Crippen molar-refractivity contribution in [2.45, 2.75) is 46.3 Å². The number of aromatic amines is 1. The molecule has 6 nitrogen and oxygen atoms in total. The highest BCUT2D eigenvalue weighted by atomic mass is 79.9. The normalized spacial score (nSPS) is 10.9. The largest absolute Gasteiger partial charge is 0.493 e. The maximum Gasteiger partial charge on any atom is 0.214 e. The molecule has 0 fully saturated rings. The fraction of sp³-hybridized carbons (Fsp3) is 0.500. The predicted molar refractivity (Wildman–Crippen MR) is 101 cm³/mol. The van der Waals surface area contributed by atoms with Gasteiger partial charge in [0.05, 0.1) is 19.8 Å². The van der Waals surface area contributed by atoms with Crippen molar-refractivity contribution < 1.29 is 9.47 Å². The highest BCUT2D eigenvalue weighted by Crippen LogP contribution is 2.35. The van der Waals surface area contributed by atoms with E-state index in [1.165, 1.54) is 0 Å². The van der Waals surface area contributed by atoms with E-state index in [4.69, 9.17) is 21.7 Å². The molecule has 1 heterocycles. The SMILES string of the molecule is CCCc1n[nH]c(=S)n1NCc1cc(Br)cc(OC)c1OC(C)C. The zero-order chi connectivity index (χ0) is 17.7. The third kappa shape index (κ3) is 4.51. The minimum atomic E-state index is 0.0468. The molecule has 1 aromatic carbocycles. The molecule has 2 rings (SSSR count). The Kier molecular flexibility index (Phi) is 6.68. The molecule has 0 aliphatic carbocycles. The Morgan fingerprint density at radius 3 is 2.79 bits per heavy atom. The van der Waals surface area contributed by atoms with Gasteiger partial charge >= 0.3 is 0 Å². The average Bonchev–Trinajstić information content (AvgIpc) is 2.87. The molecule has 2 N–H and O–H groups in total. The number of nitrogens with one attached hydrogen (secondary N) is 2. The maximum absolute atomic E-state index is 5.96. The fourth-order valence-electron chi connectivity index (χ4n) is 2.32. The highest BCUT2D eigenvalue weighted by Gasteiger charge is 2.15. The van der Waals surface area contributed by atoms with Gasteiger partial charge in [-0.05, 0) is 44.6 Å². The van der Waals surface area contributed by atoms with Gasteiger partial charge in [0.15, 0.2) is 17.3 Å². The smallest absolute Gasteiger partial charge is 0.214 e. The summed E-state index contributed by atoms with van der Waals surface area (Å²) >= 11 is 8.81. The van der Waals surface area contributed by atoms with Crippen LogP contribution in [0.5, 0.6) is 11.5 Å². The van der Waals surface area contributed by atoms with E-state index in [1.54, 1.807) is 7.11 Å². The summed E-state index contributed by atoms with van der Waals surface area (Å²) in [6.07, 6.45) is 1.89. The van der Waals surface area contributed by atoms with Crippen LogP contribution in [0.15, 0.2) is 16.6 Å². The number of benzene rings is 1. The Morgan fingerprint density at radius 1 is 1.42 bits per heavy atom. The molecule has 8 heteroatoms. The van der Waals surface area contributed by atoms with Crippen molar-refractivity contribution in [3.63, 3.8) is 0 Å². The molecule has 0 radical (unpaired) electrons. The molecule has 0 aliphatic heterocycles. The number of methoxy groups -OCH3 is 1. The van der Waals surface area contributed by atoms with Crippen LogP contribution in [0.2, 0.25) is 0 Å². The van der Waals surface area contributed by atoms with Crippen LogP contribution in [0, 0.1) is 4.77 Å². The van der Waals surface area contributed by atoms with E-state index in [2.05, 4.69) is 38.5 Å². The molecule has 0 amide bonds. The summed E-state index contributed by atoms with van der Waals surface area (Å²) in [4.78, 5) is 0. The third-order valence-electron chi connectivity index (χ3n) is 3.31. The lowest BCUT2D eigenvalue weighted by Crippen LogP contribution is -2.19. The van der Waals surface area contributed by atoms with Crippen LogP contribution in [-0.2, 0) is 13.0 Å². The van der Waals surface area contributed by atoms with Crippen molar-refractivity contribution >= 4 is 28.1 Å². The van der Waals surface area contributed by atoms with Gasteiger partial charge in [-0.25, -0.2) is 4.68 Å². The van der Waals surface area contributed by atoms with Crippen molar-refractivity contribution in [2.75, 3.05) is 12.5 Å². The van der Waals surface area contributed by atoms with Gasteiger partial charge in [-0.2, -0.15) is 5.10 Å². The fourth-order valence-corrected chi connectivity index (χ4v) is 3.02. The Morgan fingerprint density at radius 2 is 2.17 bits per heavy atom. The van der Waals surface area contributed by atoms with E-state index in [0.29, 0.717) is 17.1 Å². The average molecular weight is 415 g/mol. The second kappa shape index (κ2) is 8.53. The summed E-state index contributed by atoms with van der Waals surface area (Å²) in [5.41, 5.74) is 4.29. The van der Waals surface area contributed by atoms with Gasteiger partial charge in [-0.15, -0.1) is 0 Å². The Balaban J connectivity index is 2.30. The molecule has 0 unspecified atom stereocenters. The summed E-state index contributed by atoms with van der Waals surface area (Å²) in [5.74, 6) is 2.31. The molecule has 24 heavy (non-hydrogen) atoms. The minimum absolute atomic E-state index is 0.0468. The topological polar surface area (TPSA) is 64.1 Å². The summed E-state index contributed by atoms with van der Waals surface area (Å²) < 4.78 is 14.7. The van der Waals surface area contributed by atoms with Crippen LogP contribution in [0.3, 0.4) is 0 Å². The zero-order valence-corrected chi connectivity index (χ0v) is 16.8. The van der Waals surface area contributed by atoms with E-state index in [-0.39, 0.29) is 6.10 Å². The Hall–Kier alpha value is -1.54. The first kappa shape index (κ1) is 18.8. The molecule has 1 aromatic heterocycles. The summed E-state index contributed by atoms with van der Waals surface area (Å²) in [6.45, 7) is 6.62. The first-order valence-electron chi connectivity index (χ1n) is 7.89. The number of nitrogens with zero attached hydrogens (tertiary/aromatic N) is 2. The van der Waals surface area contributed by atoms with E-state index in [1.807, 2.05) is 30.7 Å². The van der Waals surface area contributed by atoms with Crippen molar-refractivity contribution in [1.82, 2.24) is 14.9 Å². The number of halogens is 1. The Labute approximate surface area is 155 Å². The van der Waals surface area contributed by atoms with Crippen molar-refractivity contribution in [1.29, 1.82) is 0 Å². The second-order valence-electron chi connectivity index (χ2n) is 5.63. The zero-order valence-electron chi connectivity index (χ0n) is 14.4. The first-order chi connectivity index (χ1) is 11.5. The predicted octanol–water partition coefficient (Wildman–Crippen LogP) is 4.20. The number of rotatable bonds is 8. The number of hydrogen-bond acceptors (Lipinski definition) is 5. The van der Waals surface area contributed by atoms with Gasteiger partial charge in [0.1, 0.15) is 0 Å². The lowest BCUT2D eigenvalue weighted by Gasteiger charge is -2.19. The van der Waals surface area contributed by atoms with Crippen LogP contribution in [0.25, 0.3) is 0 Å². The summed E-state index contributed by atoms with van der Waals surface area (Å²) in [5, 5.41) is 7.09. The van der Waals surface area contributed by atoms with Crippen LogP contribution >= 0.6 is 28.1 Å². The number of aromatic nitrogens is 3. The third-order valence-corrected chi connectivity index (χ3v) is 4.04. The van der Waals surface area contributed by atoms with Crippen LogP contribution in [0.1, 0.15) is 38.6 Å². The molecule has 132 valence electrons. The molecule has 0 spiro atoms. The van der Waals surface area contributed by atoms with Crippen LogP contribution < -0.4 is 14.9 Å². The van der Waals surface area contributed by atoms with Crippen LogP contribution in [-0.4, -0.2) is 28.1 Å². The number of hydrogen-bond donors (Lipinski definition) is 2. The van der Waals surface area contributed by atoms with Gasteiger partial charge < -0.3 is 14.9 Å². The first-order valence-corrected chi connectivity index (χ1v) is 9.09. The molecule has 0 bridgehead atoms. The Bertz CT molecular complexity index is 742. The van der Waals surface area contributed by atoms with Crippen molar-refractivity contribution in [2.24, 2.45) is 0 Å². The standard InChI is InChI=1S/C16H23BrN4O2S/c1-5-6-14-19-20-16(24)21(14)18-9-11-7-12(17)8-13(22-4)15(11)23-10(2)3/h7-8,10,18H,5-6,9H2,1-4H3,(H,20,24).